The molecule has 0 aromatic heterocycles. The number of nitrogens with zero attached hydrogens (tertiary/aromatic N) is 2. The van der Waals surface area contributed by atoms with Gasteiger partial charge in [0.25, 0.3) is 5.91 Å². The van der Waals surface area contributed by atoms with Crippen molar-refractivity contribution in [1.29, 1.82) is 0 Å². The van der Waals surface area contributed by atoms with E-state index >= 15 is 0 Å². The van der Waals surface area contributed by atoms with E-state index in [-0.39, 0.29) is 30.2 Å². The van der Waals surface area contributed by atoms with Gasteiger partial charge < -0.3 is 26.2 Å². The zero-order valence-electron chi connectivity index (χ0n) is 31.4. The van der Waals surface area contributed by atoms with Crippen LogP contribution >= 0.6 is 0 Å². The van der Waals surface area contributed by atoms with Crippen LogP contribution < -0.4 is 21.3 Å². The minimum Gasteiger partial charge on any atom is -0.346 e. The van der Waals surface area contributed by atoms with Crippen molar-refractivity contribution >= 4 is 39.3 Å². The Kier molecular flexibility index (Phi) is 12.5. The summed E-state index contributed by atoms with van der Waals surface area (Å²) in [6.07, 6.45) is 9.54. The fourth-order valence-electron chi connectivity index (χ4n) is 8.53. The average Bonchev–Trinajstić information content (AvgIpc) is 3.32. The van der Waals surface area contributed by atoms with Gasteiger partial charge in [-0.15, -0.1) is 6.58 Å². The molecular weight excluding hydrogens is 657 g/mol. The summed E-state index contributed by atoms with van der Waals surface area (Å²) in [4.78, 5) is 69.6. The minimum absolute atomic E-state index is 0.0718. The van der Waals surface area contributed by atoms with Crippen LogP contribution in [0.2, 0.25) is 0 Å². The Morgan fingerprint density at radius 2 is 1.70 bits per heavy atom. The summed E-state index contributed by atoms with van der Waals surface area (Å²) in [5.41, 5.74) is -1.43. The highest BCUT2D eigenvalue weighted by molar-refractivity contribution is 8.00. The number of amides is 5. The third kappa shape index (κ3) is 7.92. The first-order valence-electron chi connectivity index (χ1n) is 18.9. The summed E-state index contributed by atoms with van der Waals surface area (Å²) in [5.74, 6) is -1.69. The highest BCUT2D eigenvalue weighted by Crippen LogP contribution is 2.58. The molecule has 7 atom stereocenters. The van der Waals surface area contributed by atoms with Crippen LogP contribution in [0.5, 0.6) is 0 Å². The van der Waals surface area contributed by atoms with Gasteiger partial charge in [0, 0.05) is 18.8 Å². The van der Waals surface area contributed by atoms with Gasteiger partial charge >= 0.3 is 6.03 Å². The van der Waals surface area contributed by atoms with Crippen LogP contribution in [-0.2, 0) is 28.9 Å². The third-order valence-corrected chi connectivity index (χ3v) is 14.8. The number of hydrogen-bond donors (Lipinski definition) is 4. The number of rotatable bonds is 15. The molecule has 282 valence electrons. The molecule has 3 unspecified atom stereocenters. The molecule has 50 heavy (non-hydrogen) atoms. The second-order valence-corrected chi connectivity index (χ2v) is 19.0. The van der Waals surface area contributed by atoms with Crippen LogP contribution in [0.3, 0.4) is 0 Å². The molecule has 3 aliphatic heterocycles. The molecule has 0 aromatic rings. The fourth-order valence-corrected chi connectivity index (χ4v) is 11.8. The summed E-state index contributed by atoms with van der Waals surface area (Å²) in [7, 11) is -2.34. The van der Waals surface area contributed by atoms with Crippen LogP contribution in [0.15, 0.2) is 17.0 Å². The standard InChI is InChI=1S/C37H62N6O6S/c1-9-11-16-27(29(44)32(46)38-21-10-2)39-31(45)28-26(25(5)24(3)4)17-22-43(28)33(47)30(35(6,7)8)40-34(48)41-36(18-13-12-14-19-36)37-20-15-23-50(37,49)42-37/h10,24-28,30H,2,9,11-23H2,1,3-8H3,(H,38,46)(H,39,45)(H2,40,41,48)/t25?,26-,27+,28+,30-,37?,50?/m1/s1. The highest BCUT2D eigenvalue weighted by Gasteiger charge is 2.70. The monoisotopic (exact) mass is 718 g/mol. The molecule has 5 amide bonds. The lowest BCUT2D eigenvalue weighted by atomic mass is 9.75. The largest absolute Gasteiger partial charge is 0.346 e. The maximum atomic E-state index is 14.6. The summed E-state index contributed by atoms with van der Waals surface area (Å²) < 4.78 is 18.2. The van der Waals surface area contributed by atoms with Crippen molar-refractivity contribution in [3.63, 3.8) is 0 Å². The van der Waals surface area contributed by atoms with E-state index in [9.17, 15) is 28.2 Å². The molecule has 12 nitrogen and oxygen atoms in total. The predicted octanol–water partition coefficient (Wildman–Crippen LogP) is 4.43. The van der Waals surface area contributed by atoms with Gasteiger partial charge in [0.15, 0.2) is 4.87 Å². The van der Waals surface area contributed by atoms with Crippen LogP contribution in [0.4, 0.5) is 4.79 Å². The molecule has 4 N–H and O–H groups in total. The lowest BCUT2D eigenvalue weighted by molar-refractivity contribution is -0.145. The Hall–Kier alpha value is -2.96. The third-order valence-electron chi connectivity index (χ3n) is 11.8. The van der Waals surface area contributed by atoms with E-state index in [1.54, 1.807) is 4.90 Å². The topological polar surface area (TPSA) is 166 Å². The van der Waals surface area contributed by atoms with E-state index < -0.39 is 67.3 Å². The first-order chi connectivity index (χ1) is 23.5. The normalized spacial score (nSPS) is 28.8. The zero-order valence-corrected chi connectivity index (χ0v) is 32.2. The summed E-state index contributed by atoms with van der Waals surface area (Å²) in [5, 5.41) is 11.6. The Morgan fingerprint density at radius 1 is 1.02 bits per heavy atom. The zero-order chi connectivity index (χ0) is 37.1. The molecule has 2 saturated heterocycles. The van der Waals surface area contributed by atoms with E-state index in [1.807, 2.05) is 27.7 Å². The molecule has 0 spiro atoms. The van der Waals surface area contributed by atoms with E-state index in [0.29, 0.717) is 50.8 Å². The predicted molar refractivity (Wildman–Crippen MR) is 195 cm³/mol. The van der Waals surface area contributed by atoms with Crippen LogP contribution in [0, 0.1) is 23.2 Å². The van der Waals surface area contributed by atoms with Crippen molar-refractivity contribution in [2.75, 3.05) is 18.8 Å². The van der Waals surface area contributed by atoms with Crippen molar-refractivity contribution in [2.24, 2.45) is 27.5 Å². The molecule has 4 rings (SSSR count). The Bertz CT molecular complexity index is 1440. The molecule has 4 aliphatic rings. The number of carbonyl (C=O) groups is 5. The van der Waals surface area contributed by atoms with Gasteiger partial charge in [-0.05, 0) is 61.7 Å². The van der Waals surface area contributed by atoms with Crippen molar-refractivity contribution in [1.82, 2.24) is 26.2 Å². The molecule has 1 saturated carbocycles. The number of carbonyl (C=O) groups excluding carboxylic acids is 5. The fraction of sp³-hybridized carbons (Fsp3) is 0.811. The first kappa shape index (κ1) is 39.8. The quantitative estimate of drug-likeness (QED) is 0.145. The van der Waals surface area contributed by atoms with Gasteiger partial charge in [-0.2, -0.15) is 0 Å². The van der Waals surface area contributed by atoms with Crippen LogP contribution in [0.1, 0.15) is 119 Å². The van der Waals surface area contributed by atoms with Crippen LogP contribution in [0.25, 0.3) is 0 Å². The summed E-state index contributed by atoms with van der Waals surface area (Å²) in [6, 6.07) is -3.39. The molecule has 0 bridgehead atoms. The SMILES string of the molecule is C=CCNC(=O)C(=O)[C@H](CCCC)NC(=O)[C@@H]1[C@@H](C(C)C(C)C)CCN1C(=O)[C@@H](NC(=O)NC1(C23CCCS2(=O)=N3)CCCCC1)C(C)(C)C. The summed E-state index contributed by atoms with van der Waals surface area (Å²) >= 11 is 0. The van der Waals surface area contributed by atoms with Gasteiger partial charge in [0.05, 0.1) is 21.3 Å². The second-order valence-electron chi connectivity index (χ2n) is 16.5. The molecule has 13 heteroatoms. The molecule has 1 aliphatic carbocycles. The number of nitrogens with one attached hydrogen (secondary N) is 4. The minimum atomic E-state index is -2.34. The number of fused-ring (bicyclic) bond motifs is 1. The molecule has 3 heterocycles. The van der Waals surface area contributed by atoms with E-state index in [1.165, 1.54) is 6.08 Å². The number of unbranched alkanes of at least 4 members (excludes halogenated alkanes) is 1. The molecule has 0 aromatic carbocycles. The average molecular weight is 719 g/mol. The second kappa shape index (κ2) is 15.7. The van der Waals surface area contributed by atoms with Gasteiger partial charge in [0.2, 0.25) is 17.6 Å². The molecule has 3 fully saturated rings. The lowest BCUT2D eigenvalue weighted by Crippen LogP contribution is -2.66. The van der Waals surface area contributed by atoms with Gasteiger partial charge in [-0.3, -0.25) is 19.2 Å². The van der Waals surface area contributed by atoms with Gasteiger partial charge in [-0.25, -0.2) is 13.4 Å². The molecule has 0 radical (unpaired) electrons. The van der Waals surface area contributed by atoms with Gasteiger partial charge in [0.1, 0.15) is 12.1 Å². The van der Waals surface area contributed by atoms with Crippen molar-refractivity contribution in [3.05, 3.63) is 12.7 Å². The highest BCUT2D eigenvalue weighted by atomic mass is 32.2. The number of Topliss-reactive ketones (excluding diaryl/α,β-unsaturated/α-hetero) is 1. The lowest BCUT2D eigenvalue weighted by Gasteiger charge is -2.43. The maximum absolute atomic E-state index is 14.6. The summed E-state index contributed by atoms with van der Waals surface area (Å²) in [6.45, 7) is 17.9. The van der Waals surface area contributed by atoms with E-state index in [2.05, 4.69) is 53.0 Å². The van der Waals surface area contributed by atoms with Crippen molar-refractivity contribution in [2.45, 2.75) is 148 Å². The van der Waals surface area contributed by atoms with Crippen molar-refractivity contribution in [3.8, 4) is 0 Å². The maximum Gasteiger partial charge on any atom is 0.316 e. The van der Waals surface area contributed by atoms with E-state index in [0.717, 1.165) is 32.1 Å². The Labute approximate surface area is 299 Å². The Morgan fingerprint density at radius 3 is 2.24 bits per heavy atom. The van der Waals surface area contributed by atoms with Crippen LogP contribution in [-0.4, -0.2) is 86.0 Å². The van der Waals surface area contributed by atoms with Gasteiger partial charge in [-0.1, -0.05) is 86.6 Å². The number of ketones is 1. The number of urea groups is 1. The first-order valence-corrected chi connectivity index (χ1v) is 20.5. The van der Waals surface area contributed by atoms with Crippen molar-refractivity contribution < 1.29 is 28.2 Å². The number of likely N-dealkylation sites (tertiary alicyclic amines) is 1. The smallest absolute Gasteiger partial charge is 0.316 e. The Balaban J connectivity index is 1.59. The van der Waals surface area contributed by atoms with E-state index in [4.69, 9.17) is 0 Å². The number of hydrogen-bond acceptors (Lipinski definition) is 7. The molecular formula is C37H62N6O6S.